The number of aryl methyl sites for hydroxylation is 1. The van der Waals surface area contributed by atoms with E-state index in [1.807, 2.05) is 49.4 Å². The molecule has 0 saturated heterocycles. The summed E-state index contributed by atoms with van der Waals surface area (Å²) in [4.78, 5) is 7.46. The molecule has 1 heterocycles. The molecule has 3 N–H and O–H groups in total. The third-order valence-corrected chi connectivity index (χ3v) is 4.48. The van der Waals surface area contributed by atoms with Crippen LogP contribution in [-0.4, -0.2) is 14.2 Å². The van der Waals surface area contributed by atoms with Crippen molar-refractivity contribution in [2.75, 3.05) is 5.73 Å². The van der Waals surface area contributed by atoms with Crippen LogP contribution in [0.5, 0.6) is 0 Å². The number of nitrogen functional groups attached to an aromatic ring is 1. The number of anilines is 1. The molecule has 0 spiro atoms. The number of hydrogen-bond donors (Lipinski definition) is 2. The van der Waals surface area contributed by atoms with E-state index in [1.54, 1.807) is 0 Å². The average molecular weight is 285 g/mol. The van der Waals surface area contributed by atoms with Crippen molar-refractivity contribution in [3.8, 4) is 0 Å². The highest BCUT2D eigenvalue weighted by Crippen LogP contribution is 2.21. The smallest absolute Gasteiger partial charge is 0.197 e. The fourth-order valence-corrected chi connectivity index (χ4v) is 3.21. The normalized spacial score (nSPS) is 12.7. The highest BCUT2D eigenvalue weighted by molar-refractivity contribution is 7.84. The van der Waals surface area contributed by atoms with Gasteiger partial charge in [0.25, 0.3) is 0 Å². The summed E-state index contributed by atoms with van der Waals surface area (Å²) in [6, 6.07) is 13.4. The van der Waals surface area contributed by atoms with Crippen molar-refractivity contribution in [2.24, 2.45) is 0 Å². The van der Waals surface area contributed by atoms with E-state index < -0.39 is 10.8 Å². The minimum Gasteiger partial charge on any atom is -0.398 e. The first-order chi connectivity index (χ1) is 9.65. The van der Waals surface area contributed by atoms with Crippen molar-refractivity contribution < 1.29 is 4.21 Å². The molecule has 102 valence electrons. The van der Waals surface area contributed by atoms with E-state index in [9.17, 15) is 4.21 Å². The number of aromatic amines is 1. The standard InChI is InChI=1S/C15H15N3OS/c1-10-5-4-6-11(14(10)16)9-20(19)15-17-12-7-2-3-8-13(12)18-15/h2-8H,9,16H2,1H3,(H,17,18). The van der Waals surface area contributed by atoms with Gasteiger partial charge in [0.15, 0.2) is 5.16 Å². The van der Waals surface area contributed by atoms with Crippen LogP contribution in [0.3, 0.4) is 0 Å². The van der Waals surface area contributed by atoms with Gasteiger partial charge >= 0.3 is 0 Å². The lowest BCUT2D eigenvalue weighted by atomic mass is 10.1. The summed E-state index contributed by atoms with van der Waals surface area (Å²) in [6.07, 6.45) is 0. The van der Waals surface area contributed by atoms with Crippen molar-refractivity contribution in [3.63, 3.8) is 0 Å². The quantitative estimate of drug-likeness (QED) is 0.727. The van der Waals surface area contributed by atoms with Crippen LogP contribution in [0.4, 0.5) is 5.69 Å². The highest BCUT2D eigenvalue weighted by Gasteiger charge is 2.12. The van der Waals surface area contributed by atoms with E-state index in [0.717, 1.165) is 22.2 Å². The minimum atomic E-state index is -1.23. The number of nitrogens with zero attached hydrogens (tertiary/aromatic N) is 1. The molecule has 2 aromatic carbocycles. The molecule has 20 heavy (non-hydrogen) atoms. The number of nitrogens with one attached hydrogen (secondary N) is 1. The maximum absolute atomic E-state index is 12.4. The molecule has 0 bridgehead atoms. The van der Waals surface area contributed by atoms with Gasteiger partial charge in [0.2, 0.25) is 0 Å². The van der Waals surface area contributed by atoms with Crippen LogP contribution in [0.15, 0.2) is 47.6 Å². The number of para-hydroxylation sites is 3. The van der Waals surface area contributed by atoms with Gasteiger partial charge in [0.1, 0.15) is 0 Å². The number of rotatable bonds is 3. The van der Waals surface area contributed by atoms with Crippen LogP contribution in [0.1, 0.15) is 11.1 Å². The number of H-pyrrole nitrogens is 1. The van der Waals surface area contributed by atoms with Crippen molar-refractivity contribution in [3.05, 3.63) is 53.6 Å². The Kier molecular flexibility index (Phi) is 3.28. The van der Waals surface area contributed by atoms with Crippen molar-refractivity contribution in [2.45, 2.75) is 17.8 Å². The van der Waals surface area contributed by atoms with Crippen molar-refractivity contribution in [1.29, 1.82) is 0 Å². The van der Waals surface area contributed by atoms with E-state index in [-0.39, 0.29) is 0 Å². The Bertz CT molecular complexity index is 762. The molecule has 0 saturated carbocycles. The van der Waals surface area contributed by atoms with Gasteiger partial charge in [-0.15, -0.1) is 0 Å². The summed E-state index contributed by atoms with van der Waals surface area (Å²) in [5, 5.41) is 0.493. The molecule has 0 amide bonds. The lowest BCUT2D eigenvalue weighted by molar-refractivity contribution is 0.677. The summed E-state index contributed by atoms with van der Waals surface area (Å²) < 4.78 is 12.4. The van der Waals surface area contributed by atoms with Gasteiger partial charge in [-0.1, -0.05) is 30.3 Å². The Hall–Kier alpha value is -2.14. The topological polar surface area (TPSA) is 71.8 Å². The molecule has 0 aliphatic carbocycles. The molecule has 3 aromatic rings. The predicted molar refractivity (Wildman–Crippen MR) is 81.8 cm³/mol. The Morgan fingerprint density at radius 1 is 1.20 bits per heavy atom. The van der Waals surface area contributed by atoms with Crippen molar-refractivity contribution >= 4 is 27.5 Å². The monoisotopic (exact) mass is 285 g/mol. The zero-order valence-corrected chi connectivity index (χ0v) is 11.9. The largest absolute Gasteiger partial charge is 0.398 e. The molecule has 0 radical (unpaired) electrons. The second-order valence-electron chi connectivity index (χ2n) is 4.70. The summed E-state index contributed by atoms with van der Waals surface area (Å²) in [7, 11) is -1.23. The Labute approximate surface area is 119 Å². The molecular formula is C15H15N3OS. The third-order valence-electron chi connectivity index (χ3n) is 3.28. The lowest BCUT2D eigenvalue weighted by Crippen LogP contribution is -2.03. The van der Waals surface area contributed by atoms with Crippen LogP contribution >= 0.6 is 0 Å². The summed E-state index contributed by atoms with van der Waals surface area (Å²) >= 11 is 0. The predicted octanol–water partition coefficient (Wildman–Crippen LogP) is 2.76. The molecule has 0 fully saturated rings. The number of imidazole rings is 1. The van der Waals surface area contributed by atoms with E-state index >= 15 is 0 Å². The maximum atomic E-state index is 12.4. The van der Waals surface area contributed by atoms with Gasteiger partial charge in [0.05, 0.1) is 27.6 Å². The van der Waals surface area contributed by atoms with Gasteiger partial charge in [-0.25, -0.2) is 4.98 Å². The lowest BCUT2D eigenvalue weighted by Gasteiger charge is -2.06. The first kappa shape index (κ1) is 12.9. The van der Waals surface area contributed by atoms with Crippen LogP contribution in [-0.2, 0) is 16.6 Å². The maximum Gasteiger partial charge on any atom is 0.197 e. The SMILES string of the molecule is Cc1cccc(CS(=O)c2nc3ccccc3[nH]2)c1N. The van der Waals surface area contributed by atoms with Crippen LogP contribution in [0, 0.1) is 6.92 Å². The molecule has 3 rings (SSSR count). The van der Waals surface area contributed by atoms with Crippen LogP contribution in [0.25, 0.3) is 11.0 Å². The van der Waals surface area contributed by atoms with Gasteiger partial charge in [-0.05, 0) is 30.2 Å². The second-order valence-corrected chi connectivity index (χ2v) is 6.06. The number of hydrogen-bond acceptors (Lipinski definition) is 3. The van der Waals surface area contributed by atoms with Crippen LogP contribution in [0.2, 0.25) is 0 Å². The van der Waals surface area contributed by atoms with E-state index in [2.05, 4.69) is 9.97 Å². The average Bonchev–Trinajstić information content (AvgIpc) is 2.88. The summed E-state index contributed by atoms with van der Waals surface area (Å²) in [5.74, 6) is 0.368. The molecule has 0 aliphatic heterocycles. The highest BCUT2D eigenvalue weighted by atomic mass is 32.2. The number of fused-ring (bicyclic) bond motifs is 1. The molecular weight excluding hydrogens is 270 g/mol. The van der Waals surface area contributed by atoms with Crippen LogP contribution < -0.4 is 5.73 Å². The van der Waals surface area contributed by atoms with E-state index in [4.69, 9.17) is 5.73 Å². The van der Waals surface area contributed by atoms with Gasteiger partial charge in [-0.3, -0.25) is 4.21 Å². The van der Waals surface area contributed by atoms with E-state index in [0.29, 0.717) is 16.6 Å². The first-order valence-electron chi connectivity index (χ1n) is 6.32. The van der Waals surface area contributed by atoms with Gasteiger partial charge in [0, 0.05) is 5.69 Å². The fraction of sp³-hybridized carbons (Fsp3) is 0.133. The molecule has 1 atom stereocenters. The fourth-order valence-electron chi connectivity index (χ4n) is 2.11. The summed E-state index contributed by atoms with van der Waals surface area (Å²) in [6.45, 7) is 1.95. The zero-order chi connectivity index (χ0) is 14.1. The number of aromatic nitrogens is 2. The minimum absolute atomic E-state index is 0.368. The zero-order valence-electron chi connectivity index (χ0n) is 11.1. The van der Waals surface area contributed by atoms with Gasteiger partial charge in [-0.2, -0.15) is 0 Å². The number of nitrogens with two attached hydrogens (primary N) is 1. The molecule has 0 aliphatic rings. The second kappa shape index (κ2) is 5.09. The molecule has 4 nitrogen and oxygen atoms in total. The molecule has 5 heteroatoms. The molecule has 1 unspecified atom stereocenters. The first-order valence-corrected chi connectivity index (χ1v) is 7.64. The Morgan fingerprint density at radius 2 is 2.00 bits per heavy atom. The Balaban J connectivity index is 1.91. The van der Waals surface area contributed by atoms with Gasteiger partial charge < -0.3 is 10.7 Å². The van der Waals surface area contributed by atoms with Crippen molar-refractivity contribution in [1.82, 2.24) is 9.97 Å². The number of benzene rings is 2. The third kappa shape index (κ3) is 2.32. The Morgan fingerprint density at radius 3 is 2.80 bits per heavy atom. The molecule has 1 aromatic heterocycles. The van der Waals surface area contributed by atoms with E-state index in [1.165, 1.54) is 0 Å². The summed E-state index contributed by atoms with van der Waals surface area (Å²) in [5.41, 5.74) is 10.3.